The summed E-state index contributed by atoms with van der Waals surface area (Å²) in [6.45, 7) is 4.14. The second-order valence-corrected chi connectivity index (χ2v) is 9.00. The summed E-state index contributed by atoms with van der Waals surface area (Å²) in [5.74, 6) is 2.47. The van der Waals surface area contributed by atoms with Crippen molar-refractivity contribution in [1.82, 2.24) is 15.0 Å². The minimum Gasteiger partial charge on any atom is -0.356 e. The van der Waals surface area contributed by atoms with Crippen molar-refractivity contribution in [1.29, 1.82) is 0 Å². The van der Waals surface area contributed by atoms with Gasteiger partial charge >= 0.3 is 0 Å². The number of carbonyl (C=O) groups excluding carboxylic acids is 1. The second kappa shape index (κ2) is 9.29. The Balaban J connectivity index is 1.16. The highest BCUT2D eigenvalue weighted by atomic mass is 32.2. The summed E-state index contributed by atoms with van der Waals surface area (Å²) in [5.41, 5.74) is 8.12. The molecule has 2 saturated heterocycles. The standard InChI is InChI=1S/C21H30N4O2S/c22-18(21(26)25-13-14-28-15-25)6-3-4-10-24-11-8-16(9-12-24)20-17-5-1-2-7-19(17)27-23-20/h1-2,5,7,16,18H,3-4,6,8-15,22H2. The molecule has 1 aromatic carbocycles. The monoisotopic (exact) mass is 402 g/mol. The van der Waals surface area contributed by atoms with Gasteiger partial charge in [-0.25, -0.2) is 0 Å². The third-order valence-electron chi connectivity index (χ3n) is 6.00. The van der Waals surface area contributed by atoms with E-state index in [1.54, 1.807) is 0 Å². The molecule has 2 aliphatic heterocycles. The van der Waals surface area contributed by atoms with E-state index in [2.05, 4.69) is 22.2 Å². The second-order valence-electron chi connectivity index (χ2n) is 7.92. The van der Waals surface area contributed by atoms with E-state index in [0.29, 0.717) is 5.92 Å². The summed E-state index contributed by atoms with van der Waals surface area (Å²) in [4.78, 5) is 16.7. The fourth-order valence-electron chi connectivity index (χ4n) is 4.28. The number of amides is 1. The van der Waals surface area contributed by atoms with Gasteiger partial charge in [0.25, 0.3) is 0 Å². The van der Waals surface area contributed by atoms with Crippen molar-refractivity contribution >= 4 is 28.6 Å². The molecule has 1 amide bonds. The van der Waals surface area contributed by atoms with Crippen molar-refractivity contribution in [2.24, 2.45) is 5.73 Å². The van der Waals surface area contributed by atoms with E-state index in [1.165, 1.54) is 0 Å². The average Bonchev–Trinajstić information content (AvgIpc) is 3.41. The van der Waals surface area contributed by atoms with Crippen molar-refractivity contribution in [3.8, 4) is 0 Å². The SMILES string of the molecule is NC(CCCCN1CCC(c2noc3ccccc23)CC1)C(=O)N1CCSC1. The Morgan fingerprint density at radius 1 is 1.25 bits per heavy atom. The van der Waals surface area contributed by atoms with Gasteiger partial charge in [-0.15, -0.1) is 11.8 Å². The molecule has 28 heavy (non-hydrogen) atoms. The fourth-order valence-corrected chi connectivity index (χ4v) is 5.23. The van der Waals surface area contributed by atoms with Crippen LogP contribution in [0.3, 0.4) is 0 Å². The van der Waals surface area contributed by atoms with Crippen LogP contribution >= 0.6 is 11.8 Å². The number of carbonyl (C=O) groups is 1. The van der Waals surface area contributed by atoms with Crippen molar-refractivity contribution in [3.63, 3.8) is 0 Å². The van der Waals surface area contributed by atoms with Crippen LogP contribution in [0, 0.1) is 0 Å². The zero-order valence-electron chi connectivity index (χ0n) is 16.4. The molecule has 1 atom stereocenters. The summed E-state index contributed by atoms with van der Waals surface area (Å²) in [6, 6.07) is 7.81. The van der Waals surface area contributed by atoms with E-state index in [4.69, 9.17) is 10.3 Å². The number of likely N-dealkylation sites (tertiary alicyclic amines) is 1. The number of nitrogens with two attached hydrogens (primary N) is 1. The summed E-state index contributed by atoms with van der Waals surface area (Å²) in [6.07, 6.45) is 5.17. The molecule has 0 spiro atoms. The third kappa shape index (κ3) is 4.53. The Bertz CT molecular complexity index is 782. The lowest BCUT2D eigenvalue weighted by molar-refractivity contribution is -0.131. The van der Waals surface area contributed by atoms with E-state index < -0.39 is 0 Å². The highest BCUT2D eigenvalue weighted by Gasteiger charge is 2.25. The van der Waals surface area contributed by atoms with Crippen LogP contribution in [0.5, 0.6) is 0 Å². The molecule has 7 heteroatoms. The maximum atomic E-state index is 12.2. The highest BCUT2D eigenvalue weighted by Crippen LogP contribution is 2.32. The van der Waals surface area contributed by atoms with Gasteiger partial charge in [-0.05, 0) is 57.5 Å². The number of benzene rings is 1. The van der Waals surface area contributed by atoms with Gasteiger partial charge in [0, 0.05) is 23.6 Å². The Labute approximate surface area is 170 Å². The molecule has 2 aromatic rings. The summed E-state index contributed by atoms with van der Waals surface area (Å²) in [5, 5.41) is 5.51. The van der Waals surface area contributed by atoms with Crippen molar-refractivity contribution in [3.05, 3.63) is 30.0 Å². The molecule has 6 nitrogen and oxygen atoms in total. The minimum absolute atomic E-state index is 0.130. The van der Waals surface area contributed by atoms with Gasteiger partial charge in [0.2, 0.25) is 5.91 Å². The molecule has 2 fully saturated rings. The normalized spacial score (nSPS) is 20.1. The Kier molecular flexibility index (Phi) is 6.54. The number of hydrogen-bond acceptors (Lipinski definition) is 6. The molecular weight excluding hydrogens is 372 g/mol. The molecule has 0 aliphatic carbocycles. The number of rotatable bonds is 7. The third-order valence-corrected chi connectivity index (χ3v) is 6.97. The number of fused-ring (bicyclic) bond motifs is 1. The molecule has 0 bridgehead atoms. The molecule has 2 aliphatic rings. The van der Waals surface area contributed by atoms with E-state index in [-0.39, 0.29) is 11.9 Å². The fraction of sp³-hybridized carbons (Fsp3) is 0.619. The zero-order valence-corrected chi connectivity index (χ0v) is 17.2. The molecule has 2 N–H and O–H groups in total. The molecule has 3 heterocycles. The van der Waals surface area contributed by atoms with Crippen LogP contribution in [0.4, 0.5) is 0 Å². The molecular formula is C21H30N4O2S. The molecule has 152 valence electrons. The first kappa shape index (κ1) is 19.7. The first-order chi connectivity index (χ1) is 13.7. The lowest BCUT2D eigenvalue weighted by atomic mass is 9.91. The van der Waals surface area contributed by atoms with E-state index in [9.17, 15) is 4.79 Å². The molecule has 1 aromatic heterocycles. The smallest absolute Gasteiger partial charge is 0.240 e. The molecule has 0 radical (unpaired) electrons. The van der Waals surface area contributed by atoms with E-state index in [1.807, 2.05) is 28.8 Å². The van der Waals surface area contributed by atoms with Crippen molar-refractivity contribution < 1.29 is 9.32 Å². The number of unbranched alkanes of at least 4 members (excludes halogenated alkanes) is 1. The summed E-state index contributed by atoms with van der Waals surface area (Å²) in [7, 11) is 0. The van der Waals surface area contributed by atoms with E-state index in [0.717, 1.165) is 86.6 Å². The van der Waals surface area contributed by atoms with Crippen LogP contribution in [-0.2, 0) is 4.79 Å². The quantitative estimate of drug-likeness (QED) is 0.718. The number of piperidine rings is 1. The largest absolute Gasteiger partial charge is 0.356 e. The zero-order chi connectivity index (χ0) is 19.3. The van der Waals surface area contributed by atoms with Crippen LogP contribution in [-0.4, -0.2) is 64.7 Å². The van der Waals surface area contributed by atoms with Gasteiger partial charge in [-0.1, -0.05) is 23.7 Å². The van der Waals surface area contributed by atoms with Crippen LogP contribution < -0.4 is 5.73 Å². The lowest BCUT2D eigenvalue weighted by Gasteiger charge is -2.31. The van der Waals surface area contributed by atoms with Crippen molar-refractivity contribution in [2.75, 3.05) is 37.8 Å². The van der Waals surface area contributed by atoms with Crippen LogP contribution in [0.25, 0.3) is 11.0 Å². The maximum Gasteiger partial charge on any atom is 0.240 e. The predicted octanol–water partition coefficient (Wildman–Crippen LogP) is 3.04. The number of thioether (sulfide) groups is 1. The Morgan fingerprint density at radius 3 is 2.86 bits per heavy atom. The Morgan fingerprint density at radius 2 is 2.07 bits per heavy atom. The topological polar surface area (TPSA) is 75.6 Å². The van der Waals surface area contributed by atoms with Crippen LogP contribution in [0.15, 0.2) is 28.8 Å². The van der Waals surface area contributed by atoms with Crippen LogP contribution in [0.2, 0.25) is 0 Å². The number of para-hydroxylation sites is 1. The molecule has 0 saturated carbocycles. The number of hydrogen-bond donors (Lipinski definition) is 1. The van der Waals surface area contributed by atoms with E-state index >= 15 is 0 Å². The summed E-state index contributed by atoms with van der Waals surface area (Å²) >= 11 is 1.81. The minimum atomic E-state index is -0.329. The highest BCUT2D eigenvalue weighted by molar-refractivity contribution is 7.99. The maximum absolute atomic E-state index is 12.2. The van der Waals surface area contributed by atoms with Gasteiger partial charge in [-0.2, -0.15) is 0 Å². The Hall–Kier alpha value is -1.57. The first-order valence-corrected chi connectivity index (χ1v) is 11.6. The number of aromatic nitrogens is 1. The van der Waals surface area contributed by atoms with Crippen LogP contribution in [0.1, 0.15) is 43.7 Å². The summed E-state index contributed by atoms with van der Waals surface area (Å²) < 4.78 is 5.48. The lowest BCUT2D eigenvalue weighted by Crippen LogP contribution is -2.42. The molecule has 1 unspecified atom stereocenters. The van der Waals surface area contributed by atoms with Gasteiger partial charge < -0.3 is 20.1 Å². The predicted molar refractivity (Wildman–Crippen MR) is 113 cm³/mol. The molecule has 4 rings (SSSR count). The first-order valence-electron chi connectivity index (χ1n) is 10.4. The van der Waals surface area contributed by atoms with Gasteiger partial charge in [0.05, 0.1) is 17.6 Å². The van der Waals surface area contributed by atoms with Gasteiger partial charge in [0.15, 0.2) is 5.58 Å². The van der Waals surface area contributed by atoms with Gasteiger partial charge in [-0.3, -0.25) is 4.79 Å². The van der Waals surface area contributed by atoms with Crippen molar-refractivity contribution in [2.45, 2.75) is 44.1 Å². The average molecular weight is 403 g/mol. The van der Waals surface area contributed by atoms with Gasteiger partial charge in [0.1, 0.15) is 0 Å². The number of nitrogens with zero attached hydrogens (tertiary/aromatic N) is 3.